The molecule has 1 saturated carbocycles. The van der Waals surface area contributed by atoms with Gasteiger partial charge in [-0.1, -0.05) is 26.2 Å². The number of rotatable bonds is 6. The first-order valence-electron chi connectivity index (χ1n) is 6.38. The summed E-state index contributed by atoms with van der Waals surface area (Å²) < 4.78 is 5.85. The highest BCUT2D eigenvalue weighted by atomic mass is 16.5. The van der Waals surface area contributed by atoms with Crippen molar-refractivity contribution < 1.29 is 4.74 Å². The number of likely N-dealkylation sites (N-methyl/N-ethyl adjacent to an activating group) is 1. The Balaban J connectivity index is 2.22. The van der Waals surface area contributed by atoms with E-state index in [2.05, 4.69) is 33.0 Å². The van der Waals surface area contributed by atoms with Gasteiger partial charge >= 0.3 is 0 Å². The fourth-order valence-electron chi connectivity index (χ4n) is 1.98. The molecule has 90 valence electrons. The minimum Gasteiger partial charge on any atom is -0.374 e. The standard InChI is InChI=1S/C13H27NO/c1-5-14-12(9-11-7-6-8-11)10-15-13(2,3)4/h11-12,14H,5-10H2,1-4H3. The molecule has 2 nitrogen and oxygen atoms in total. The van der Waals surface area contributed by atoms with Crippen molar-refractivity contribution in [2.75, 3.05) is 13.2 Å². The first-order valence-corrected chi connectivity index (χ1v) is 6.38. The van der Waals surface area contributed by atoms with Crippen molar-refractivity contribution >= 4 is 0 Å². The highest BCUT2D eigenvalue weighted by Crippen LogP contribution is 2.30. The van der Waals surface area contributed by atoms with E-state index in [1.165, 1.54) is 25.7 Å². The molecule has 0 saturated heterocycles. The molecule has 1 fully saturated rings. The molecule has 15 heavy (non-hydrogen) atoms. The van der Waals surface area contributed by atoms with Gasteiger partial charge in [-0.2, -0.15) is 0 Å². The maximum atomic E-state index is 5.85. The Morgan fingerprint density at radius 2 is 2.00 bits per heavy atom. The summed E-state index contributed by atoms with van der Waals surface area (Å²) in [7, 11) is 0. The van der Waals surface area contributed by atoms with E-state index >= 15 is 0 Å². The highest BCUT2D eigenvalue weighted by Gasteiger charge is 2.23. The Kier molecular flexibility index (Phi) is 5.07. The summed E-state index contributed by atoms with van der Waals surface area (Å²) in [5, 5.41) is 3.53. The van der Waals surface area contributed by atoms with Gasteiger partial charge in [-0.15, -0.1) is 0 Å². The zero-order chi connectivity index (χ0) is 11.3. The third kappa shape index (κ3) is 5.53. The van der Waals surface area contributed by atoms with E-state index < -0.39 is 0 Å². The van der Waals surface area contributed by atoms with E-state index in [0.29, 0.717) is 6.04 Å². The molecule has 1 aliphatic carbocycles. The van der Waals surface area contributed by atoms with E-state index in [1.54, 1.807) is 0 Å². The molecule has 1 aliphatic rings. The number of hydrogen-bond donors (Lipinski definition) is 1. The predicted octanol–water partition coefficient (Wildman–Crippen LogP) is 2.97. The monoisotopic (exact) mass is 213 g/mol. The van der Waals surface area contributed by atoms with E-state index in [9.17, 15) is 0 Å². The van der Waals surface area contributed by atoms with Crippen LogP contribution in [0.15, 0.2) is 0 Å². The van der Waals surface area contributed by atoms with Crippen molar-refractivity contribution in [1.82, 2.24) is 5.32 Å². The first kappa shape index (κ1) is 13.0. The third-order valence-electron chi connectivity index (χ3n) is 3.05. The van der Waals surface area contributed by atoms with Crippen molar-refractivity contribution in [3.05, 3.63) is 0 Å². The third-order valence-corrected chi connectivity index (χ3v) is 3.05. The molecule has 2 heteroatoms. The SMILES string of the molecule is CCNC(COC(C)(C)C)CC1CCC1. The van der Waals surface area contributed by atoms with Gasteiger partial charge in [0, 0.05) is 6.04 Å². The van der Waals surface area contributed by atoms with Gasteiger partial charge in [0.2, 0.25) is 0 Å². The van der Waals surface area contributed by atoms with Crippen LogP contribution in [-0.4, -0.2) is 24.8 Å². The Hall–Kier alpha value is -0.0800. The molecule has 0 aromatic heterocycles. The molecular formula is C13H27NO. The molecular weight excluding hydrogens is 186 g/mol. The first-order chi connectivity index (χ1) is 7.01. The van der Waals surface area contributed by atoms with E-state index in [1.807, 2.05) is 0 Å². The second-order valence-electron chi connectivity index (χ2n) is 5.71. The van der Waals surface area contributed by atoms with Crippen LogP contribution in [0, 0.1) is 5.92 Å². The summed E-state index contributed by atoms with van der Waals surface area (Å²) in [5.74, 6) is 0.956. The van der Waals surface area contributed by atoms with E-state index in [4.69, 9.17) is 4.74 Å². The molecule has 0 radical (unpaired) electrons. The lowest BCUT2D eigenvalue weighted by atomic mass is 9.81. The Morgan fingerprint density at radius 1 is 1.33 bits per heavy atom. The van der Waals surface area contributed by atoms with Crippen LogP contribution in [0.4, 0.5) is 0 Å². The van der Waals surface area contributed by atoms with E-state index in [-0.39, 0.29) is 5.60 Å². The molecule has 0 heterocycles. The lowest BCUT2D eigenvalue weighted by Gasteiger charge is -2.31. The van der Waals surface area contributed by atoms with Crippen molar-refractivity contribution in [3.8, 4) is 0 Å². The maximum Gasteiger partial charge on any atom is 0.0626 e. The van der Waals surface area contributed by atoms with Gasteiger partial charge < -0.3 is 10.1 Å². The molecule has 0 amide bonds. The molecule has 1 atom stereocenters. The molecule has 1 rings (SSSR count). The number of nitrogens with one attached hydrogen (secondary N) is 1. The maximum absolute atomic E-state index is 5.85. The molecule has 1 unspecified atom stereocenters. The summed E-state index contributed by atoms with van der Waals surface area (Å²) >= 11 is 0. The molecule has 1 N–H and O–H groups in total. The minimum absolute atomic E-state index is 0.00666. The van der Waals surface area contributed by atoms with Crippen LogP contribution in [0.2, 0.25) is 0 Å². The van der Waals surface area contributed by atoms with Crippen LogP contribution in [0.5, 0.6) is 0 Å². The number of hydrogen-bond acceptors (Lipinski definition) is 2. The van der Waals surface area contributed by atoms with Gasteiger partial charge in [0.05, 0.1) is 12.2 Å². The molecule has 0 spiro atoms. The highest BCUT2D eigenvalue weighted by molar-refractivity contribution is 4.77. The summed E-state index contributed by atoms with van der Waals surface area (Å²) in [4.78, 5) is 0. The predicted molar refractivity (Wildman–Crippen MR) is 65.1 cm³/mol. The molecule has 0 aromatic carbocycles. The Labute approximate surface area is 94.8 Å². The topological polar surface area (TPSA) is 21.3 Å². The Bertz CT molecular complexity index is 170. The Morgan fingerprint density at radius 3 is 2.40 bits per heavy atom. The summed E-state index contributed by atoms with van der Waals surface area (Å²) in [6.07, 6.45) is 5.59. The second kappa shape index (κ2) is 5.86. The average molecular weight is 213 g/mol. The van der Waals surface area contributed by atoms with Gasteiger partial charge in [0.25, 0.3) is 0 Å². The van der Waals surface area contributed by atoms with Crippen LogP contribution in [0.3, 0.4) is 0 Å². The van der Waals surface area contributed by atoms with Crippen molar-refractivity contribution in [2.24, 2.45) is 5.92 Å². The van der Waals surface area contributed by atoms with Crippen LogP contribution in [0.25, 0.3) is 0 Å². The van der Waals surface area contributed by atoms with Crippen LogP contribution in [0.1, 0.15) is 53.4 Å². The van der Waals surface area contributed by atoms with Crippen LogP contribution < -0.4 is 5.32 Å². The van der Waals surface area contributed by atoms with Crippen LogP contribution in [-0.2, 0) is 4.74 Å². The minimum atomic E-state index is -0.00666. The molecule has 0 aliphatic heterocycles. The smallest absolute Gasteiger partial charge is 0.0626 e. The summed E-state index contributed by atoms with van der Waals surface area (Å²) in [5.41, 5.74) is -0.00666. The van der Waals surface area contributed by atoms with Gasteiger partial charge in [0.15, 0.2) is 0 Å². The molecule has 0 aromatic rings. The quantitative estimate of drug-likeness (QED) is 0.732. The summed E-state index contributed by atoms with van der Waals surface area (Å²) in [6, 6.07) is 0.555. The van der Waals surface area contributed by atoms with Gasteiger partial charge in [-0.05, 0) is 39.7 Å². The zero-order valence-electron chi connectivity index (χ0n) is 10.8. The normalized spacial score (nSPS) is 20.0. The van der Waals surface area contributed by atoms with E-state index in [0.717, 1.165) is 19.1 Å². The second-order valence-corrected chi connectivity index (χ2v) is 5.71. The number of ether oxygens (including phenoxy) is 1. The van der Waals surface area contributed by atoms with Crippen molar-refractivity contribution in [2.45, 2.75) is 65.0 Å². The lowest BCUT2D eigenvalue weighted by molar-refractivity contribution is -0.0186. The van der Waals surface area contributed by atoms with Crippen molar-refractivity contribution in [3.63, 3.8) is 0 Å². The largest absolute Gasteiger partial charge is 0.374 e. The average Bonchev–Trinajstić information content (AvgIpc) is 2.05. The van der Waals surface area contributed by atoms with Gasteiger partial charge in [0.1, 0.15) is 0 Å². The summed E-state index contributed by atoms with van der Waals surface area (Å²) in [6.45, 7) is 10.4. The van der Waals surface area contributed by atoms with Crippen LogP contribution >= 0.6 is 0 Å². The van der Waals surface area contributed by atoms with Crippen molar-refractivity contribution in [1.29, 1.82) is 0 Å². The molecule has 0 bridgehead atoms. The zero-order valence-corrected chi connectivity index (χ0v) is 10.8. The fourth-order valence-corrected chi connectivity index (χ4v) is 1.98. The fraction of sp³-hybridized carbons (Fsp3) is 1.00. The van der Waals surface area contributed by atoms with Gasteiger partial charge in [-0.3, -0.25) is 0 Å². The van der Waals surface area contributed by atoms with Gasteiger partial charge in [-0.25, -0.2) is 0 Å². The lowest BCUT2D eigenvalue weighted by Crippen LogP contribution is -2.38.